The lowest BCUT2D eigenvalue weighted by molar-refractivity contribution is -0.138. The summed E-state index contributed by atoms with van der Waals surface area (Å²) in [4.78, 5) is 4.08. The minimum absolute atomic E-state index is 0.00482. The van der Waals surface area contributed by atoms with Crippen molar-refractivity contribution in [3.8, 4) is 5.69 Å². The first-order valence-corrected chi connectivity index (χ1v) is 10.0. The van der Waals surface area contributed by atoms with Gasteiger partial charge in [0.25, 0.3) is 0 Å². The van der Waals surface area contributed by atoms with E-state index in [0.717, 1.165) is 30.3 Å². The van der Waals surface area contributed by atoms with Crippen LogP contribution in [0.1, 0.15) is 42.3 Å². The van der Waals surface area contributed by atoms with Crippen LogP contribution in [0, 0.1) is 13.8 Å². The molecular formula is C21H30F3N5O. The van der Waals surface area contributed by atoms with Crippen molar-refractivity contribution in [1.29, 1.82) is 0 Å². The van der Waals surface area contributed by atoms with Gasteiger partial charge in [-0.1, -0.05) is 6.07 Å². The molecular weight excluding hydrogens is 395 g/mol. The average molecular weight is 425 g/mol. The van der Waals surface area contributed by atoms with Crippen LogP contribution in [-0.4, -0.2) is 42.5 Å². The molecule has 0 saturated carbocycles. The average Bonchev–Trinajstić information content (AvgIpc) is 3.04. The van der Waals surface area contributed by atoms with E-state index < -0.39 is 11.7 Å². The minimum Gasteiger partial charge on any atom is -0.382 e. The molecule has 2 N–H and O–H groups in total. The number of nitrogens with one attached hydrogen (secondary N) is 2. The van der Waals surface area contributed by atoms with E-state index >= 15 is 0 Å². The van der Waals surface area contributed by atoms with E-state index in [9.17, 15) is 13.2 Å². The zero-order chi connectivity index (χ0) is 22.1. The van der Waals surface area contributed by atoms with Crippen molar-refractivity contribution in [2.45, 2.75) is 46.3 Å². The molecule has 0 aliphatic carbocycles. The highest BCUT2D eigenvalue weighted by molar-refractivity contribution is 5.79. The number of rotatable bonds is 9. The first-order valence-electron chi connectivity index (χ1n) is 10.0. The maximum absolute atomic E-state index is 13.7. The van der Waals surface area contributed by atoms with Gasteiger partial charge in [-0.05, 0) is 57.4 Å². The molecule has 1 aromatic heterocycles. The number of aromatic nitrogens is 2. The Balaban J connectivity index is 2.06. The molecule has 0 unspecified atom stereocenters. The molecule has 9 heteroatoms. The van der Waals surface area contributed by atoms with Crippen molar-refractivity contribution in [2.24, 2.45) is 4.99 Å². The van der Waals surface area contributed by atoms with Crippen LogP contribution in [0.3, 0.4) is 0 Å². The van der Waals surface area contributed by atoms with Crippen LogP contribution in [0.5, 0.6) is 0 Å². The number of halogens is 3. The molecule has 0 aliphatic heterocycles. The molecule has 2 rings (SSSR count). The molecule has 0 amide bonds. The lowest BCUT2D eigenvalue weighted by Crippen LogP contribution is -2.37. The predicted molar refractivity (Wildman–Crippen MR) is 112 cm³/mol. The highest BCUT2D eigenvalue weighted by Crippen LogP contribution is 2.33. The van der Waals surface area contributed by atoms with Crippen molar-refractivity contribution in [3.63, 3.8) is 0 Å². The molecule has 1 aromatic carbocycles. The summed E-state index contributed by atoms with van der Waals surface area (Å²) < 4.78 is 47.9. The van der Waals surface area contributed by atoms with Gasteiger partial charge in [0.15, 0.2) is 5.96 Å². The fourth-order valence-electron chi connectivity index (χ4n) is 3.08. The standard InChI is InChI=1S/C21H30F3N5O/c1-5-30-11-7-6-10-26-20(25-4)27-14-17-8-9-18(13-19(17)21(22,23)24)29-16(3)12-15(2)28-29/h8-9,12-13H,5-7,10-11,14H2,1-4H3,(H2,25,26,27). The van der Waals surface area contributed by atoms with Crippen molar-refractivity contribution in [3.05, 3.63) is 46.8 Å². The second-order valence-electron chi connectivity index (χ2n) is 6.93. The fourth-order valence-corrected chi connectivity index (χ4v) is 3.08. The van der Waals surface area contributed by atoms with E-state index in [1.807, 2.05) is 26.8 Å². The third-order valence-electron chi connectivity index (χ3n) is 4.53. The number of nitrogens with zero attached hydrogens (tertiary/aromatic N) is 3. The summed E-state index contributed by atoms with van der Waals surface area (Å²) >= 11 is 0. The van der Waals surface area contributed by atoms with Crippen molar-refractivity contribution in [1.82, 2.24) is 20.4 Å². The van der Waals surface area contributed by atoms with Gasteiger partial charge in [-0.3, -0.25) is 4.99 Å². The number of aliphatic imine (C=N–C) groups is 1. The van der Waals surface area contributed by atoms with Crippen LogP contribution >= 0.6 is 0 Å². The third-order valence-corrected chi connectivity index (χ3v) is 4.53. The molecule has 6 nitrogen and oxygen atoms in total. The first-order chi connectivity index (χ1) is 14.3. The van der Waals surface area contributed by atoms with Crippen molar-refractivity contribution < 1.29 is 17.9 Å². The highest BCUT2D eigenvalue weighted by Gasteiger charge is 2.33. The van der Waals surface area contributed by atoms with Crippen LogP contribution in [0.15, 0.2) is 29.3 Å². The predicted octanol–water partition coefficient (Wildman–Crippen LogP) is 3.99. The Morgan fingerprint density at radius 1 is 1.17 bits per heavy atom. The first kappa shape index (κ1) is 23.7. The van der Waals surface area contributed by atoms with Crippen LogP contribution in [0.25, 0.3) is 5.69 Å². The summed E-state index contributed by atoms with van der Waals surface area (Å²) in [7, 11) is 1.59. The Morgan fingerprint density at radius 2 is 1.93 bits per heavy atom. The van der Waals surface area contributed by atoms with E-state index in [1.165, 1.54) is 10.7 Å². The zero-order valence-corrected chi connectivity index (χ0v) is 17.9. The van der Waals surface area contributed by atoms with Crippen molar-refractivity contribution in [2.75, 3.05) is 26.8 Å². The van der Waals surface area contributed by atoms with Gasteiger partial charge in [-0.15, -0.1) is 0 Å². The molecule has 166 valence electrons. The Bertz CT molecular complexity index is 846. The van der Waals surface area contributed by atoms with Gasteiger partial charge < -0.3 is 15.4 Å². The second kappa shape index (κ2) is 11.0. The number of ether oxygens (including phenoxy) is 1. The van der Waals surface area contributed by atoms with Gasteiger partial charge >= 0.3 is 6.18 Å². The molecule has 0 radical (unpaired) electrons. The lowest BCUT2D eigenvalue weighted by atomic mass is 10.1. The summed E-state index contributed by atoms with van der Waals surface area (Å²) in [6.07, 6.45) is -2.69. The number of aryl methyl sites for hydroxylation is 2. The Morgan fingerprint density at radius 3 is 2.53 bits per heavy atom. The van der Waals surface area contributed by atoms with E-state index in [1.54, 1.807) is 13.1 Å². The monoisotopic (exact) mass is 425 g/mol. The van der Waals surface area contributed by atoms with Crippen LogP contribution < -0.4 is 10.6 Å². The highest BCUT2D eigenvalue weighted by atomic mass is 19.4. The van der Waals surface area contributed by atoms with Gasteiger partial charge in [0.05, 0.1) is 16.9 Å². The summed E-state index contributed by atoms with van der Waals surface area (Å²) in [5.41, 5.74) is 1.37. The Labute approximate surface area is 175 Å². The molecule has 0 atom stereocenters. The molecule has 0 aliphatic rings. The smallest absolute Gasteiger partial charge is 0.382 e. The maximum atomic E-state index is 13.7. The molecule has 1 heterocycles. The zero-order valence-electron chi connectivity index (χ0n) is 17.9. The fraction of sp³-hybridized carbons (Fsp3) is 0.524. The van der Waals surface area contributed by atoms with E-state index in [4.69, 9.17) is 4.74 Å². The number of alkyl halides is 3. The Hall–Kier alpha value is -2.55. The minimum atomic E-state index is -4.47. The number of benzene rings is 1. The summed E-state index contributed by atoms with van der Waals surface area (Å²) in [5.74, 6) is 0.460. The van der Waals surface area contributed by atoms with E-state index in [2.05, 4.69) is 20.7 Å². The van der Waals surface area contributed by atoms with Gasteiger partial charge in [-0.25, -0.2) is 4.68 Å². The van der Waals surface area contributed by atoms with Crippen LogP contribution in [-0.2, 0) is 17.5 Å². The van der Waals surface area contributed by atoms with Crippen LogP contribution in [0.2, 0.25) is 0 Å². The van der Waals surface area contributed by atoms with Crippen molar-refractivity contribution >= 4 is 5.96 Å². The van der Waals surface area contributed by atoms with Crippen LogP contribution in [0.4, 0.5) is 13.2 Å². The number of hydrogen-bond donors (Lipinski definition) is 2. The number of guanidine groups is 1. The molecule has 0 fully saturated rings. The van der Waals surface area contributed by atoms with Gasteiger partial charge in [0.1, 0.15) is 0 Å². The molecule has 0 saturated heterocycles. The molecule has 2 aromatic rings. The normalized spacial score (nSPS) is 12.3. The quantitative estimate of drug-likeness (QED) is 0.362. The summed E-state index contributed by atoms with van der Waals surface area (Å²) in [5, 5.41) is 10.3. The van der Waals surface area contributed by atoms with Gasteiger partial charge in [0.2, 0.25) is 0 Å². The largest absolute Gasteiger partial charge is 0.416 e. The maximum Gasteiger partial charge on any atom is 0.416 e. The number of hydrogen-bond acceptors (Lipinski definition) is 3. The second-order valence-corrected chi connectivity index (χ2v) is 6.93. The van der Waals surface area contributed by atoms with Gasteiger partial charge in [-0.2, -0.15) is 18.3 Å². The molecule has 0 bridgehead atoms. The topological polar surface area (TPSA) is 63.5 Å². The molecule has 0 spiro atoms. The Kier molecular flexibility index (Phi) is 8.71. The van der Waals surface area contributed by atoms with E-state index in [-0.39, 0.29) is 12.1 Å². The van der Waals surface area contributed by atoms with Gasteiger partial charge in [0, 0.05) is 39.0 Å². The SMILES string of the molecule is CCOCCCCNC(=NC)NCc1ccc(-n2nc(C)cc2C)cc1C(F)(F)F. The summed E-state index contributed by atoms with van der Waals surface area (Å²) in [6.45, 7) is 7.62. The lowest BCUT2D eigenvalue weighted by Gasteiger charge is -2.17. The van der Waals surface area contributed by atoms with E-state index in [0.29, 0.717) is 31.4 Å². The molecule has 30 heavy (non-hydrogen) atoms. The third kappa shape index (κ3) is 6.76. The number of unbranched alkanes of at least 4 members (excludes halogenated alkanes) is 1. The summed E-state index contributed by atoms with van der Waals surface area (Å²) in [6, 6.07) is 6.10.